The summed E-state index contributed by atoms with van der Waals surface area (Å²) < 4.78 is 10.6. The largest absolute Gasteiger partial charge is 0.461 e. The van der Waals surface area contributed by atoms with E-state index >= 15 is 0 Å². The molecule has 0 radical (unpaired) electrons. The van der Waals surface area contributed by atoms with Gasteiger partial charge in [0.2, 0.25) is 0 Å². The summed E-state index contributed by atoms with van der Waals surface area (Å²) >= 11 is 1.49. The van der Waals surface area contributed by atoms with Gasteiger partial charge in [0.25, 0.3) is 5.91 Å². The quantitative estimate of drug-likeness (QED) is 0.777. The molecule has 1 fully saturated rings. The molecular formula is C17H20N2O4S. The summed E-state index contributed by atoms with van der Waals surface area (Å²) in [5.74, 6) is 0.328. The molecule has 128 valence electrons. The zero-order valence-electron chi connectivity index (χ0n) is 13.7. The van der Waals surface area contributed by atoms with Crippen molar-refractivity contribution in [1.29, 1.82) is 0 Å². The molecule has 24 heavy (non-hydrogen) atoms. The second-order valence-electron chi connectivity index (χ2n) is 6.06. The van der Waals surface area contributed by atoms with Crippen LogP contribution in [-0.2, 0) is 4.74 Å². The first-order valence-corrected chi connectivity index (χ1v) is 8.85. The predicted molar refractivity (Wildman–Crippen MR) is 89.5 cm³/mol. The summed E-state index contributed by atoms with van der Waals surface area (Å²) in [5, 5.41) is 2.73. The molecule has 1 saturated heterocycles. The molecule has 3 rings (SSSR count). The van der Waals surface area contributed by atoms with Crippen molar-refractivity contribution >= 4 is 23.0 Å². The molecule has 0 aromatic carbocycles. The summed E-state index contributed by atoms with van der Waals surface area (Å²) in [6, 6.07) is 3.01. The van der Waals surface area contributed by atoms with Crippen molar-refractivity contribution in [1.82, 2.24) is 9.88 Å². The highest BCUT2D eigenvalue weighted by molar-refractivity contribution is 7.09. The molecule has 1 amide bonds. The third-order valence-electron chi connectivity index (χ3n) is 3.94. The first-order chi connectivity index (χ1) is 11.6. The summed E-state index contributed by atoms with van der Waals surface area (Å²) in [6.07, 6.45) is 1.65. The zero-order chi connectivity index (χ0) is 17.1. The van der Waals surface area contributed by atoms with Gasteiger partial charge in [0, 0.05) is 24.3 Å². The molecule has 0 bridgehead atoms. The minimum Gasteiger partial charge on any atom is -0.461 e. The van der Waals surface area contributed by atoms with Gasteiger partial charge in [-0.15, -0.1) is 11.3 Å². The summed E-state index contributed by atoms with van der Waals surface area (Å²) in [5.41, 5.74) is 0.445. The van der Waals surface area contributed by atoms with E-state index in [0.29, 0.717) is 31.2 Å². The van der Waals surface area contributed by atoms with E-state index < -0.39 is 0 Å². The number of morpholine rings is 1. The van der Waals surface area contributed by atoms with Gasteiger partial charge in [0.15, 0.2) is 11.5 Å². The van der Waals surface area contributed by atoms with E-state index in [1.807, 2.05) is 13.8 Å². The van der Waals surface area contributed by atoms with E-state index in [1.165, 1.54) is 17.6 Å². The Morgan fingerprint density at radius 3 is 2.96 bits per heavy atom. The van der Waals surface area contributed by atoms with Gasteiger partial charge < -0.3 is 14.1 Å². The van der Waals surface area contributed by atoms with Crippen molar-refractivity contribution in [2.75, 3.05) is 19.8 Å². The number of ketones is 1. The highest BCUT2D eigenvalue weighted by Crippen LogP contribution is 2.22. The van der Waals surface area contributed by atoms with Crippen molar-refractivity contribution in [2.45, 2.75) is 32.2 Å². The van der Waals surface area contributed by atoms with Gasteiger partial charge in [-0.25, -0.2) is 4.98 Å². The highest BCUT2D eigenvalue weighted by atomic mass is 32.1. The molecule has 1 aliphatic heterocycles. The maximum atomic E-state index is 12.8. The Bertz CT molecular complexity index is 708. The van der Waals surface area contributed by atoms with E-state index in [0.717, 1.165) is 5.01 Å². The number of hydrogen-bond acceptors (Lipinski definition) is 6. The van der Waals surface area contributed by atoms with E-state index in [-0.39, 0.29) is 30.1 Å². The number of thiazole rings is 1. The van der Waals surface area contributed by atoms with Crippen LogP contribution in [0.25, 0.3) is 0 Å². The van der Waals surface area contributed by atoms with Gasteiger partial charge in [-0.3, -0.25) is 9.59 Å². The monoisotopic (exact) mass is 348 g/mol. The van der Waals surface area contributed by atoms with Crippen molar-refractivity contribution in [3.63, 3.8) is 0 Å². The van der Waals surface area contributed by atoms with E-state index in [1.54, 1.807) is 22.4 Å². The van der Waals surface area contributed by atoms with Crippen LogP contribution >= 0.6 is 11.3 Å². The molecule has 2 aromatic heterocycles. The number of nitrogens with zero attached hydrogens (tertiary/aromatic N) is 2. The van der Waals surface area contributed by atoms with Gasteiger partial charge >= 0.3 is 0 Å². The molecule has 0 unspecified atom stereocenters. The molecule has 0 saturated carbocycles. The lowest BCUT2D eigenvalue weighted by Gasteiger charge is -2.34. The van der Waals surface area contributed by atoms with Crippen molar-refractivity contribution in [3.8, 4) is 0 Å². The van der Waals surface area contributed by atoms with Crippen LogP contribution in [0.1, 0.15) is 52.2 Å². The summed E-state index contributed by atoms with van der Waals surface area (Å²) in [4.78, 5) is 31.2. The van der Waals surface area contributed by atoms with Gasteiger partial charge in [-0.2, -0.15) is 0 Å². The molecule has 2 aromatic rings. The first kappa shape index (κ1) is 16.9. The number of carbonyl (C=O) groups excluding carboxylic acids is 2. The second-order valence-corrected chi connectivity index (χ2v) is 6.95. The molecule has 6 nitrogen and oxygen atoms in total. The fraction of sp³-hybridized carbons (Fsp3) is 0.471. The van der Waals surface area contributed by atoms with Crippen LogP contribution < -0.4 is 0 Å². The van der Waals surface area contributed by atoms with Crippen molar-refractivity contribution in [3.05, 3.63) is 40.2 Å². The Kier molecular flexibility index (Phi) is 5.11. The molecule has 0 N–H and O–H groups in total. The molecule has 7 heteroatoms. The smallest absolute Gasteiger partial charge is 0.273 e. The lowest BCUT2D eigenvalue weighted by molar-refractivity contribution is -0.00330. The minimum absolute atomic E-state index is 0.130. The van der Waals surface area contributed by atoms with E-state index in [9.17, 15) is 9.59 Å². The lowest BCUT2D eigenvalue weighted by atomic mass is 10.1. The maximum absolute atomic E-state index is 12.8. The number of amides is 1. The Morgan fingerprint density at radius 2 is 2.29 bits per heavy atom. The average molecular weight is 348 g/mol. The van der Waals surface area contributed by atoms with Crippen LogP contribution in [0, 0.1) is 0 Å². The lowest BCUT2D eigenvalue weighted by Crippen LogP contribution is -2.49. The van der Waals surface area contributed by atoms with E-state index in [4.69, 9.17) is 9.15 Å². The fourth-order valence-electron chi connectivity index (χ4n) is 2.64. The molecule has 3 heterocycles. The normalized spacial score (nSPS) is 18.1. The summed E-state index contributed by atoms with van der Waals surface area (Å²) in [7, 11) is 0. The van der Waals surface area contributed by atoms with Crippen LogP contribution in [0.4, 0.5) is 0 Å². The Morgan fingerprint density at radius 1 is 1.46 bits per heavy atom. The molecule has 0 spiro atoms. The third kappa shape index (κ3) is 3.57. The van der Waals surface area contributed by atoms with Gasteiger partial charge in [-0.05, 0) is 12.1 Å². The van der Waals surface area contributed by atoms with Crippen molar-refractivity contribution in [2.24, 2.45) is 0 Å². The first-order valence-electron chi connectivity index (χ1n) is 7.97. The Labute approximate surface area is 144 Å². The number of rotatable bonds is 5. The van der Waals surface area contributed by atoms with Crippen LogP contribution in [0.3, 0.4) is 0 Å². The fourth-order valence-corrected chi connectivity index (χ4v) is 3.45. The van der Waals surface area contributed by atoms with Gasteiger partial charge in [0.1, 0.15) is 5.69 Å². The number of hydrogen-bond donors (Lipinski definition) is 0. The number of Topliss-reactive ketones (excluding diaryl/α,β-unsaturated/α-hetero) is 1. The number of aromatic nitrogens is 1. The SMILES string of the molecule is CC(C)c1nc(C(=O)N2CCOC[C@@H]2CC(=O)c2ccco2)cs1. The minimum atomic E-state index is -0.298. The van der Waals surface area contributed by atoms with Gasteiger partial charge in [-0.1, -0.05) is 13.8 Å². The third-order valence-corrected chi connectivity index (χ3v) is 5.09. The standard InChI is InChI=1S/C17H20N2O4S/c1-11(2)16-18-13(10-24-16)17(21)19-5-7-22-9-12(19)8-14(20)15-4-3-6-23-15/h3-4,6,10-12H,5,7-9H2,1-2H3/t12-/m0/s1. The number of furan rings is 1. The molecule has 0 aliphatic carbocycles. The highest BCUT2D eigenvalue weighted by Gasteiger charge is 2.31. The zero-order valence-corrected chi connectivity index (χ0v) is 14.5. The Hall–Kier alpha value is -1.99. The van der Waals surface area contributed by atoms with E-state index in [2.05, 4.69) is 4.98 Å². The van der Waals surface area contributed by atoms with Crippen LogP contribution in [0.15, 0.2) is 28.2 Å². The molecular weight excluding hydrogens is 328 g/mol. The maximum Gasteiger partial charge on any atom is 0.273 e. The number of carbonyl (C=O) groups is 2. The average Bonchev–Trinajstić information content (AvgIpc) is 3.26. The van der Waals surface area contributed by atoms with Crippen LogP contribution in [0.5, 0.6) is 0 Å². The topological polar surface area (TPSA) is 72.6 Å². The van der Waals surface area contributed by atoms with Gasteiger partial charge in [0.05, 0.1) is 30.5 Å². The molecule has 1 atom stereocenters. The second kappa shape index (κ2) is 7.27. The Balaban J connectivity index is 1.73. The molecule has 1 aliphatic rings. The summed E-state index contributed by atoms with van der Waals surface area (Å²) in [6.45, 7) is 5.38. The predicted octanol–water partition coefficient (Wildman–Crippen LogP) is 2.97. The van der Waals surface area contributed by atoms with Crippen LogP contribution in [-0.4, -0.2) is 47.4 Å². The van der Waals surface area contributed by atoms with Crippen LogP contribution in [0.2, 0.25) is 0 Å². The number of ether oxygens (including phenoxy) is 1. The van der Waals surface area contributed by atoms with Crippen molar-refractivity contribution < 1.29 is 18.7 Å².